The van der Waals surface area contributed by atoms with Gasteiger partial charge in [0.1, 0.15) is 0 Å². The molecule has 0 unspecified atom stereocenters. The van der Waals surface area contributed by atoms with E-state index in [1.165, 1.54) is 13.0 Å². The number of ether oxygens (including phenoxy) is 3. The molecule has 0 atom stereocenters. The molecule has 0 spiro atoms. The van der Waals surface area contributed by atoms with Crippen LogP contribution in [0.4, 0.5) is 0 Å². The van der Waals surface area contributed by atoms with Crippen molar-refractivity contribution in [3.63, 3.8) is 0 Å². The van der Waals surface area contributed by atoms with Crippen molar-refractivity contribution < 1.29 is 14.2 Å². The van der Waals surface area contributed by atoms with Gasteiger partial charge in [0.15, 0.2) is 5.96 Å². The van der Waals surface area contributed by atoms with Crippen molar-refractivity contribution in [2.75, 3.05) is 79.4 Å². The molecule has 2 saturated heterocycles. The maximum absolute atomic E-state index is 5.79. The Hall–Kier alpha value is -0.160. The van der Waals surface area contributed by atoms with Crippen LogP contribution in [0.15, 0.2) is 4.99 Å². The van der Waals surface area contributed by atoms with Crippen LogP contribution in [0, 0.1) is 5.92 Å². The summed E-state index contributed by atoms with van der Waals surface area (Å²) in [5.74, 6) is 1.57. The highest BCUT2D eigenvalue weighted by Gasteiger charge is 2.13. The normalized spacial score (nSPS) is 19.5. The third kappa shape index (κ3) is 12.1. The average molecular weight is 498 g/mol. The van der Waals surface area contributed by atoms with Crippen LogP contribution < -0.4 is 10.6 Å². The minimum Gasteiger partial charge on any atom is -0.381 e. The van der Waals surface area contributed by atoms with Crippen molar-refractivity contribution >= 4 is 29.9 Å². The lowest BCUT2D eigenvalue weighted by Gasteiger charge is -2.26. The van der Waals surface area contributed by atoms with E-state index < -0.39 is 0 Å². The summed E-state index contributed by atoms with van der Waals surface area (Å²) in [5.41, 5.74) is 0. The highest BCUT2D eigenvalue weighted by molar-refractivity contribution is 14.0. The van der Waals surface area contributed by atoms with Gasteiger partial charge in [0.2, 0.25) is 0 Å². The van der Waals surface area contributed by atoms with Gasteiger partial charge in [-0.3, -0.25) is 9.89 Å². The molecule has 2 heterocycles. The summed E-state index contributed by atoms with van der Waals surface area (Å²) in [5, 5.41) is 6.75. The molecule has 2 aliphatic heterocycles. The topological polar surface area (TPSA) is 67.4 Å². The first kappa shape index (κ1) is 24.9. The number of rotatable bonds is 11. The van der Waals surface area contributed by atoms with Gasteiger partial charge in [-0.2, -0.15) is 0 Å². The van der Waals surface area contributed by atoms with E-state index in [0.29, 0.717) is 5.92 Å². The lowest BCUT2D eigenvalue weighted by Crippen LogP contribution is -2.39. The second-order valence-corrected chi connectivity index (χ2v) is 7.07. The summed E-state index contributed by atoms with van der Waals surface area (Å²) in [7, 11) is 1.82. The zero-order valence-corrected chi connectivity index (χ0v) is 19.2. The highest BCUT2D eigenvalue weighted by atomic mass is 127. The molecule has 0 radical (unpaired) electrons. The molecule has 27 heavy (non-hydrogen) atoms. The number of halogens is 1. The largest absolute Gasteiger partial charge is 0.381 e. The van der Waals surface area contributed by atoms with Crippen molar-refractivity contribution in [3.8, 4) is 0 Å². The van der Waals surface area contributed by atoms with E-state index in [9.17, 15) is 0 Å². The van der Waals surface area contributed by atoms with Gasteiger partial charge in [-0.1, -0.05) is 0 Å². The van der Waals surface area contributed by atoms with Crippen molar-refractivity contribution in [1.29, 1.82) is 0 Å². The fourth-order valence-corrected chi connectivity index (χ4v) is 3.26. The Bertz CT molecular complexity index is 376. The van der Waals surface area contributed by atoms with Crippen LogP contribution in [0.2, 0.25) is 0 Å². The molecule has 0 aliphatic carbocycles. The Morgan fingerprint density at radius 3 is 2.37 bits per heavy atom. The van der Waals surface area contributed by atoms with E-state index >= 15 is 0 Å². The first-order valence-corrected chi connectivity index (χ1v) is 10.3. The Morgan fingerprint density at radius 2 is 1.67 bits per heavy atom. The van der Waals surface area contributed by atoms with Crippen LogP contribution in [0.3, 0.4) is 0 Å². The van der Waals surface area contributed by atoms with Crippen LogP contribution in [0.5, 0.6) is 0 Å². The lowest BCUT2D eigenvalue weighted by molar-refractivity contribution is 0.0203. The molecule has 0 bridgehead atoms. The smallest absolute Gasteiger partial charge is 0.190 e. The summed E-state index contributed by atoms with van der Waals surface area (Å²) >= 11 is 0. The van der Waals surface area contributed by atoms with Crippen molar-refractivity contribution in [1.82, 2.24) is 15.5 Å². The Morgan fingerprint density at radius 1 is 1.00 bits per heavy atom. The molecule has 0 saturated carbocycles. The first-order chi connectivity index (χ1) is 12.9. The van der Waals surface area contributed by atoms with Gasteiger partial charge in [-0.05, 0) is 44.6 Å². The van der Waals surface area contributed by atoms with Crippen LogP contribution in [0.1, 0.15) is 32.1 Å². The third-order valence-electron chi connectivity index (χ3n) is 4.97. The lowest BCUT2D eigenvalue weighted by atomic mass is 10.0. The van der Waals surface area contributed by atoms with E-state index in [0.717, 1.165) is 97.5 Å². The quantitative estimate of drug-likeness (QED) is 0.196. The summed E-state index contributed by atoms with van der Waals surface area (Å²) in [4.78, 5) is 6.76. The van der Waals surface area contributed by atoms with Gasteiger partial charge in [0.05, 0.1) is 13.2 Å². The number of nitrogens with zero attached hydrogens (tertiary/aromatic N) is 2. The molecule has 0 aromatic carbocycles. The number of guanidine groups is 1. The molecule has 2 N–H and O–H groups in total. The summed E-state index contributed by atoms with van der Waals surface area (Å²) in [6.07, 6.45) is 5.65. The number of morpholine rings is 1. The number of nitrogens with one attached hydrogen (secondary N) is 2. The molecule has 7 nitrogen and oxygen atoms in total. The predicted octanol–water partition coefficient (Wildman–Crippen LogP) is 1.72. The van der Waals surface area contributed by atoms with Crippen molar-refractivity contribution in [2.45, 2.75) is 32.1 Å². The second kappa shape index (κ2) is 16.8. The fraction of sp³-hybridized carbons (Fsp3) is 0.947. The minimum atomic E-state index is 0. The zero-order chi connectivity index (χ0) is 18.3. The van der Waals surface area contributed by atoms with Crippen molar-refractivity contribution in [3.05, 3.63) is 0 Å². The van der Waals surface area contributed by atoms with E-state index in [2.05, 4.69) is 20.5 Å². The third-order valence-corrected chi connectivity index (χ3v) is 4.97. The molecule has 0 amide bonds. The molecule has 160 valence electrons. The highest BCUT2D eigenvalue weighted by Crippen LogP contribution is 2.14. The fourth-order valence-electron chi connectivity index (χ4n) is 3.26. The average Bonchev–Trinajstić information content (AvgIpc) is 2.70. The van der Waals surface area contributed by atoms with Gasteiger partial charge >= 0.3 is 0 Å². The Balaban J connectivity index is 0.00000364. The standard InChI is InChI=1S/C19H38N4O3.HI/c1-20-19(21-7-2-3-9-23-10-15-25-16-11-23)22-8-4-12-26-17-18-5-13-24-14-6-18;/h18H,2-17H2,1H3,(H2,20,21,22);1H. The summed E-state index contributed by atoms with van der Waals surface area (Å²) in [6.45, 7) is 10.4. The molecule has 2 aliphatic rings. The van der Waals surface area contributed by atoms with E-state index in [1.807, 2.05) is 7.05 Å². The second-order valence-electron chi connectivity index (χ2n) is 7.07. The van der Waals surface area contributed by atoms with Gasteiger partial charge in [-0.15, -0.1) is 24.0 Å². The van der Waals surface area contributed by atoms with Gasteiger partial charge in [-0.25, -0.2) is 0 Å². The zero-order valence-electron chi connectivity index (χ0n) is 16.9. The van der Waals surface area contributed by atoms with Crippen LogP contribution in [-0.2, 0) is 14.2 Å². The summed E-state index contributed by atoms with van der Waals surface area (Å²) in [6, 6.07) is 0. The number of hydrogen-bond donors (Lipinski definition) is 2. The van der Waals surface area contributed by atoms with Crippen LogP contribution >= 0.6 is 24.0 Å². The maximum Gasteiger partial charge on any atom is 0.190 e. The van der Waals surface area contributed by atoms with E-state index in [4.69, 9.17) is 14.2 Å². The van der Waals surface area contributed by atoms with Gasteiger partial charge in [0, 0.05) is 59.7 Å². The Kier molecular flexibility index (Phi) is 15.4. The van der Waals surface area contributed by atoms with Crippen molar-refractivity contribution in [2.24, 2.45) is 10.9 Å². The monoisotopic (exact) mass is 498 g/mol. The number of unbranched alkanes of at least 4 members (excludes halogenated alkanes) is 1. The van der Waals surface area contributed by atoms with Gasteiger partial charge < -0.3 is 24.8 Å². The molecule has 8 heteroatoms. The molecule has 0 aromatic rings. The molecule has 0 aromatic heterocycles. The predicted molar refractivity (Wildman–Crippen MR) is 120 cm³/mol. The Labute approximate surface area is 182 Å². The molecule has 2 rings (SSSR count). The molecular formula is C19H39IN4O3. The molecule has 2 fully saturated rings. The first-order valence-electron chi connectivity index (χ1n) is 10.3. The van der Waals surface area contributed by atoms with Gasteiger partial charge in [0.25, 0.3) is 0 Å². The SMILES string of the molecule is CN=C(NCCCCN1CCOCC1)NCCCOCC1CCOCC1.I. The number of aliphatic imine (C=N–C) groups is 1. The van der Waals surface area contributed by atoms with E-state index in [1.54, 1.807) is 0 Å². The number of hydrogen-bond acceptors (Lipinski definition) is 5. The van der Waals surface area contributed by atoms with Crippen LogP contribution in [-0.4, -0.2) is 90.3 Å². The summed E-state index contributed by atoms with van der Waals surface area (Å²) < 4.78 is 16.5. The minimum absolute atomic E-state index is 0. The van der Waals surface area contributed by atoms with E-state index in [-0.39, 0.29) is 24.0 Å². The molecular weight excluding hydrogens is 459 g/mol. The maximum atomic E-state index is 5.79. The van der Waals surface area contributed by atoms with Crippen LogP contribution in [0.25, 0.3) is 0 Å².